The predicted octanol–water partition coefficient (Wildman–Crippen LogP) is 2.36. The fraction of sp³-hybridized carbons (Fsp3) is 0.600. The van der Waals surface area contributed by atoms with Gasteiger partial charge in [-0.2, -0.15) is 0 Å². The lowest BCUT2D eigenvalue weighted by Crippen LogP contribution is -2.27. The van der Waals surface area contributed by atoms with E-state index in [4.69, 9.17) is 26.5 Å². The lowest BCUT2D eigenvalue weighted by atomic mass is 9.91. The molecule has 78 valence electrons. The minimum atomic E-state index is -0.0496. The summed E-state index contributed by atoms with van der Waals surface area (Å²) in [5, 5.41) is 0.405. The van der Waals surface area contributed by atoms with Gasteiger partial charge < -0.3 is 14.9 Å². The van der Waals surface area contributed by atoms with Gasteiger partial charge >= 0.3 is 0 Å². The Bertz CT molecular complexity index is 294. The van der Waals surface area contributed by atoms with Crippen molar-refractivity contribution in [3.05, 3.63) is 23.1 Å². The highest BCUT2D eigenvalue weighted by atomic mass is 35.5. The molecule has 1 aliphatic rings. The van der Waals surface area contributed by atoms with Gasteiger partial charge in [0.15, 0.2) is 5.22 Å². The van der Waals surface area contributed by atoms with E-state index in [2.05, 4.69) is 0 Å². The summed E-state index contributed by atoms with van der Waals surface area (Å²) in [6, 6.07) is 3.53. The molecule has 0 spiro atoms. The van der Waals surface area contributed by atoms with Gasteiger partial charge in [0, 0.05) is 13.2 Å². The fourth-order valence-corrected chi connectivity index (χ4v) is 1.97. The molecule has 0 radical (unpaired) electrons. The molecule has 4 heteroatoms. The lowest BCUT2D eigenvalue weighted by Gasteiger charge is -2.26. The van der Waals surface area contributed by atoms with Crippen molar-refractivity contribution < 1.29 is 9.15 Å². The Hall–Kier alpha value is -0.510. The molecule has 3 nitrogen and oxygen atoms in total. The summed E-state index contributed by atoms with van der Waals surface area (Å²) in [4.78, 5) is 0. The number of ether oxygens (including phenoxy) is 1. The van der Waals surface area contributed by atoms with Crippen LogP contribution in [-0.2, 0) is 4.74 Å². The number of rotatable bonds is 2. The average molecular weight is 216 g/mol. The molecule has 1 saturated heterocycles. The molecule has 0 bridgehead atoms. The van der Waals surface area contributed by atoms with E-state index < -0.39 is 0 Å². The van der Waals surface area contributed by atoms with Crippen LogP contribution < -0.4 is 5.73 Å². The van der Waals surface area contributed by atoms with Gasteiger partial charge in [-0.25, -0.2) is 0 Å². The molecule has 1 aliphatic heterocycles. The predicted molar refractivity (Wildman–Crippen MR) is 54.2 cm³/mol. The summed E-state index contributed by atoms with van der Waals surface area (Å²) in [6.45, 7) is 1.60. The van der Waals surface area contributed by atoms with Gasteiger partial charge in [-0.15, -0.1) is 0 Å². The van der Waals surface area contributed by atoms with Crippen LogP contribution in [-0.4, -0.2) is 13.2 Å². The van der Waals surface area contributed by atoms with Gasteiger partial charge in [0.05, 0.1) is 6.04 Å². The van der Waals surface area contributed by atoms with Gasteiger partial charge in [0.2, 0.25) is 0 Å². The Morgan fingerprint density at radius 2 is 2.07 bits per heavy atom. The third-order valence-corrected chi connectivity index (χ3v) is 2.90. The molecule has 1 fully saturated rings. The first-order chi connectivity index (χ1) is 6.77. The van der Waals surface area contributed by atoms with Gasteiger partial charge in [-0.3, -0.25) is 0 Å². The molecule has 0 unspecified atom stereocenters. The second kappa shape index (κ2) is 4.34. The second-order valence-electron chi connectivity index (χ2n) is 3.62. The minimum Gasteiger partial charge on any atom is -0.448 e. The standard InChI is InChI=1S/C10H14ClNO2/c11-9-2-1-8(14-9)10(12)7-3-5-13-6-4-7/h1-2,7,10H,3-6,12H2/t10-/m1/s1. The monoisotopic (exact) mass is 215 g/mol. The zero-order chi connectivity index (χ0) is 9.97. The minimum absolute atomic E-state index is 0.0496. The Kier molecular flexibility index (Phi) is 3.11. The summed E-state index contributed by atoms with van der Waals surface area (Å²) in [5.41, 5.74) is 6.08. The van der Waals surface area contributed by atoms with E-state index in [0.717, 1.165) is 31.8 Å². The summed E-state index contributed by atoms with van der Waals surface area (Å²) in [6.07, 6.45) is 2.00. The zero-order valence-corrected chi connectivity index (χ0v) is 8.67. The highest BCUT2D eigenvalue weighted by Gasteiger charge is 2.24. The maximum Gasteiger partial charge on any atom is 0.193 e. The molecule has 0 amide bonds. The van der Waals surface area contributed by atoms with Crippen molar-refractivity contribution in [2.75, 3.05) is 13.2 Å². The fourth-order valence-electron chi connectivity index (χ4n) is 1.81. The molecular formula is C10H14ClNO2. The number of nitrogens with two attached hydrogens (primary N) is 1. The van der Waals surface area contributed by atoms with Crippen LogP contribution in [0.1, 0.15) is 24.6 Å². The largest absolute Gasteiger partial charge is 0.448 e. The summed E-state index contributed by atoms with van der Waals surface area (Å²) >= 11 is 5.70. The average Bonchev–Trinajstić information content (AvgIpc) is 2.65. The maximum absolute atomic E-state index is 6.08. The molecule has 0 aliphatic carbocycles. The second-order valence-corrected chi connectivity index (χ2v) is 3.99. The molecule has 0 aromatic carbocycles. The van der Waals surface area contributed by atoms with Gasteiger partial charge in [-0.05, 0) is 42.5 Å². The first-order valence-corrected chi connectivity index (χ1v) is 5.24. The molecule has 2 N–H and O–H groups in total. The topological polar surface area (TPSA) is 48.4 Å². The van der Waals surface area contributed by atoms with Crippen molar-refractivity contribution in [2.24, 2.45) is 11.7 Å². The van der Waals surface area contributed by atoms with Crippen molar-refractivity contribution in [1.82, 2.24) is 0 Å². The summed E-state index contributed by atoms with van der Waals surface area (Å²) in [5.74, 6) is 1.23. The van der Waals surface area contributed by atoms with E-state index in [1.54, 1.807) is 6.07 Å². The van der Waals surface area contributed by atoms with Crippen molar-refractivity contribution in [2.45, 2.75) is 18.9 Å². The van der Waals surface area contributed by atoms with Crippen LogP contribution in [0.15, 0.2) is 16.5 Å². The Balaban J connectivity index is 2.03. The van der Waals surface area contributed by atoms with Gasteiger partial charge in [0.25, 0.3) is 0 Å². The molecule has 14 heavy (non-hydrogen) atoms. The first-order valence-electron chi connectivity index (χ1n) is 4.86. The third-order valence-electron chi connectivity index (χ3n) is 2.70. The van der Waals surface area contributed by atoms with Crippen LogP contribution in [0.4, 0.5) is 0 Å². The normalized spacial score (nSPS) is 21.0. The van der Waals surface area contributed by atoms with E-state index >= 15 is 0 Å². The van der Waals surface area contributed by atoms with Crippen LogP contribution in [0, 0.1) is 5.92 Å². The van der Waals surface area contributed by atoms with E-state index in [-0.39, 0.29) is 6.04 Å². The van der Waals surface area contributed by atoms with Gasteiger partial charge in [0.1, 0.15) is 5.76 Å². The molecule has 0 saturated carbocycles. The Morgan fingerprint density at radius 3 is 2.64 bits per heavy atom. The van der Waals surface area contributed by atoms with Crippen LogP contribution in [0.3, 0.4) is 0 Å². The van der Waals surface area contributed by atoms with E-state index in [1.165, 1.54) is 0 Å². The van der Waals surface area contributed by atoms with E-state index in [9.17, 15) is 0 Å². The highest BCUT2D eigenvalue weighted by Crippen LogP contribution is 2.29. The van der Waals surface area contributed by atoms with E-state index in [1.807, 2.05) is 6.07 Å². The molecular weight excluding hydrogens is 202 g/mol. The van der Waals surface area contributed by atoms with Crippen molar-refractivity contribution in [3.8, 4) is 0 Å². The first kappa shape index (κ1) is 10.0. The van der Waals surface area contributed by atoms with Crippen LogP contribution in [0.2, 0.25) is 5.22 Å². The molecule has 1 aromatic heterocycles. The number of hydrogen-bond donors (Lipinski definition) is 1. The Labute approximate surface area is 88.2 Å². The molecule has 2 heterocycles. The van der Waals surface area contributed by atoms with E-state index in [0.29, 0.717) is 11.1 Å². The smallest absolute Gasteiger partial charge is 0.193 e. The molecule has 1 aromatic rings. The van der Waals surface area contributed by atoms with Crippen molar-refractivity contribution in [3.63, 3.8) is 0 Å². The number of halogens is 1. The quantitative estimate of drug-likeness (QED) is 0.824. The van der Waals surface area contributed by atoms with Gasteiger partial charge in [-0.1, -0.05) is 0 Å². The van der Waals surface area contributed by atoms with Crippen LogP contribution in [0.25, 0.3) is 0 Å². The van der Waals surface area contributed by atoms with Crippen molar-refractivity contribution >= 4 is 11.6 Å². The summed E-state index contributed by atoms with van der Waals surface area (Å²) < 4.78 is 10.6. The van der Waals surface area contributed by atoms with Crippen LogP contribution >= 0.6 is 11.6 Å². The SMILES string of the molecule is N[C@@H](c1ccc(Cl)o1)C1CCOCC1. The van der Waals surface area contributed by atoms with Crippen molar-refractivity contribution in [1.29, 1.82) is 0 Å². The molecule has 2 rings (SSSR count). The third kappa shape index (κ3) is 2.11. The maximum atomic E-state index is 6.08. The highest BCUT2D eigenvalue weighted by molar-refractivity contribution is 6.28. The summed E-state index contributed by atoms with van der Waals surface area (Å²) in [7, 11) is 0. The van der Waals surface area contributed by atoms with Crippen LogP contribution in [0.5, 0.6) is 0 Å². The zero-order valence-electron chi connectivity index (χ0n) is 7.91. The Morgan fingerprint density at radius 1 is 1.36 bits per heavy atom. The number of hydrogen-bond acceptors (Lipinski definition) is 3. The number of furan rings is 1. The molecule has 1 atom stereocenters. The lowest BCUT2D eigenvalue weighted by molar-refractivity contribution is 0.0560.